The Morgan fingerprint density at radius 1 is 1.35 bits per heavy atom. The first-order valence-electron chi connectivity index (χ1n) is 6.24. The van der Waals surface area contributed by atoms with E-state index in [-0.39, 0.29) is 0 Å². The summed E-state index contributed by atoms with van der Waals surface area (Å²) in [4.78, 5) is 0. The maximum atomic E-state index is 14.3. The minimum Gasteiger partial charge on any atom is -0.497 e. The van der Waals surface area contributed by atoms with Crippen molar-refractivity contribution in [3.05, 3.63) is 29.8 Å². The fraction of sp³-hybridized carbons (Fsp3) is 0.571. The van der Waals surface area contributed by atoms with Gasteiger partial charge in [0.15, 0.2) is 0 Å². The smallest absolute Gasteiger partial charge is 0.123 e. The van der Waals surface area contributed by atoms with E-state index in [1.807, 2.05) is 24.3 Å². The lowest BCUT2D eigenvalue weighted by atomic mass is 9.89. The number of hydrogen-bond donors (Lipinski definition) is 1. The summed E-state index contributed by atoms with van der Waals surface area (Å²) in [7, 11) is 1.65. The third-order valence-electron chi connectivity index (χ3n) is 3.44. The molecular weight excluding hydrogens is 217 g/mol. The van der Waals surface area contributed by atoms with Crippen molar-refractivity contribution in [1.29, 1.82) is 0 Å². The Kier molecular flexibility index (Phi) is 4.00. The molecule has 2 nitrogen and oxygen atoms in total. The van der Waals surface area contributed by atoms with Gasteiger partial charge in [0.1, 0.15) is 11.4 Å². The SMILES string of the molecule is COc1ccc(CCC2(F)CCCNC2)cc1. The van der Waals surface area contributed by atoms with E-state index in [1.165, 1.54) is 5.56 Å². The van der Waals surface area contributed by atoms with Gasteiger partial charge >= 0.3 is 0 Å². The van der Waals surface area contributed by atoms with E-state index in [1.54, 1.807) is 7.11 Å². The van der Waals surface area contributed by atoms with Gasteiger partial charge in [-0.1, -0.05) is 12.1 Å². The average Bonchev–Trinajstić information content (AvgIpc) is 2.38. The molecule has 1 aromatic carbocycles. The third kappa shape index (κ3) is 3.43. The highest BCUT2D eigenvalue weighted by Gasteiger charge is 2.30. The van der Waals surface area contributed by atoms with E-state index in [0.29, 0.717) is 19.4 Å². The van der Waals surface area contributed by atoms with Crippen molar-refractivity contribution in [2.24, 2.45) is 0 Å². The molecule has 17 heavy (non-hydrogen) atoms. The Hall–Kier alpha value is -1.09. The summed E-state index contributed by atoms with van der Waals surface area (Å²) in [5.74, 6) is 0.850. The highest BCUT2D eigenvalue weighted by atomic mass is 19.1. The van der Waals surface area contributed by atoms with Crippen molar-refractivity contribution in [3.63, 3.8) is 0 Å². The fourth-order valence-electron chi connectivity index (χ4n) is 2.30. The van der Waals surface area contributed by atoms with Gasteiger partial charge in [0.2, 0.25) is 0 Å². The number of benzene rings is 1. The topological polar surface area (TPSA) is 21.3 Å². The molecule has 1 unspecified atom stereocenters. The van der Waals surface area contributed by atoms with Crippen LogP contribution in [0.3, 0.4) is 0 Å². The Morgan fingerprint density at radius 3 is 2.71 bits per heavy atom. The molecule has 0 radical (unpaired) electrons. The average molecular weight is 237 g/mol. The molecule has 1 fully saturated rings. The van der Waals surface area contributed by atoms with Crippen LogP contribution in [-0.2, 0) is 6.42 Å². The lowest BCUT2D eigenvalue weighted by molar-refractivity contribution is 0.111. The molecular formula is C14H20FNO. The maximum Gasteiger partial charge on any atom is 0.123 e. The van der Waals surface area contributed by atoms with E-state index < -0.39 is 5.67 Å². The number of ether oxygens (including phenoxy) is 1. The second-order valence-corrected chi connectivity index (χ2v) is 4.78. The minimum absolute atomic E-state index is 0.503. The van der Waals surface area contributed by atoms with Gasteiger partial charge in [-0.15, -0.1) is 0 Å². The van der Waals surface area contributed by atoms with Gasteiger partial charge in [-0.3, -0.25) is 0 Å². The predicted molar refractivity (Wildman–Crippen MR) is 67.3 cm³/mol. The fourth-order valence-corrected chi connectivity index (χ4v) is 2.30. The van der Waals surface area contributed by atoms with Gasteiger partial charge in [0.25, 0.3) is 0 Å². The number of methoxy groups -OCH3 is 1. The number of halogens is 1. The Labute approximate surface area is 102 Å². The lowest BCUT2D eigenvalue weighted by Crippen LogP contribution is -2.42. The van der Waals surface area contributed by atoms with Crippen LogP contribution in [0.4, 0.5) is 4.39 Å². The Bertz CT molecular complexity index is 344. The number of aryl methyl sites for hydroxylation is 1. The summed E-state index contributed by atoms with van der Waals surface area (Å²) < 4.78 is 19.4. The van der Waals surface area contributed by atoms with Crippen LogP contribution >= 0.6 is 0 Å². The molecule has 0 saturated carbocycles. The Morgan fingerprint density at radius 2 is 2.12 bits per heavy atom. The van der Waals surface area contributed by atoms with Crippen molar-refractivity contribution in [2.75, 3.05) is 20.2 Å². The zero-order chi connectivity index (χ0) is 12.1. The molecule has 1 aliphatic heterocycles. The van der Waals surface area contributed by atoms with Crippen LogP contribution in [0.25, 0.3) is 0 Å². The number of rotatable bonds is 4. The van der Waals surface area contributed by atoms with Gasteiger partial charge < -0.3 is 10.1 Å². The molecule has 2 rings (SSSR count). The van der Waals surface area contributed by atoms with Crippen molar-refractivity contribution in [3.8, 4) is 5.75 Å². The van der Waals surface area contributed by atoms with Gasteiger partial charge in [-0.2, -0.15) is 0 Å². The van der Waals surface area contributed by atoms with Crippen molar-refractivity contribution < 1.29 is 9.13 Å². The van der Waals surface area contributed by atoms with Crippen LogP contribution in [-0.4, -0.2) is 25.9 Å². The predicted octanol–water partition coefficient (Wildman–Crippen LogP) is 2.72. The molecule has 3 heteroatoms. The van der Waals surface area contributed by atoms with Crippen molar-refractivity contribution >= 4 is 0 Å². The highest BCUT2D eigenvalue weighted by Crippen LogP contribution is 2.26. The highest BCUT2D eigenvalue weighted by molar-refractivity contribution is 5.27. The second kappa shape index (κ2) is 5.50. The van der Waals surface area contributed by atoms with E-state index in [0.717, 1.165) is 25.1 Å². The third-order valence-corrected chi connectivity index (χ3v) is 3.44. The number of piperidine rings is 1. The molecule has 0 aliphatic carbocycles. The first kappa shape index (κ1) is 12.4. The molecule has 1 heterocycles. The minimum atomic E-state index is -1.02. The van der Waals surface area contributed by atoms with Crippen molar-refractivity contribution in [1.82, 2.24) is 5.32 Å². The summed E-state index contributed by atoms with van der Waals surface area (Å²) in [6.45, 7) is 1.46. The van der Waals surface area contributed by atoms with Gasteiger partial charge in [-0.05, 0) is 49.9 Å². The monoisotopic (exact) mass is 237 g/mol. The van der Waals surface area contributed by atoms with E-state index in [4.69, 9.17) is 4.74 Å². The Balaban J connectivity index is 1.87. The van der Waals surface area contributed by atoms with Gasteiger partial charge in [0.05, 0.1) is 7.11 Å². The molecule has 1 atom stereocenters. The lowest BCUT2D eigenvalue weighted by Gasteiger charge is -2.30. The molecule has 1 saturated heterocycles. The van der Waals surface area contributed by atoms with E-state index >= 15 is 0 Å². The van der Waals surface area contributed by atoms with Gasteiger partial charge in [0, 0.05) is 6.54 Å². The summed E-state index contributed by atoms with van der Waals surface area (Å²) in [6.07, 6.45) is 3.03. The summed E-state index contributed by atoms with van der Waals surface area (Å²) in [5, 5.41) is 3.13. The van der Waals surface area contributed by atoms with Crippen LogP contribution in [0.15, 0.2) is 24.3 Å². The molecule has 1 aromatic rings. The summed E-state index contributed by atoms with van der Waals surface area (Å²) in [5.41, 5.74) is 0.159. The zero-order valence-electron chi connectivity index (χ0n) is 10.3. The first-order valence-corrected chi connectivity index (χ1v) is 6.24. The normalized spacial score (nSPS) is 24.6. The first-order chi connectivity index (χ1) is 8.22. The quantitative estimate of drug-likeness (QED) is 0.869. The number of hydrogen-bond acceptors (Lipinski definition) is 2. The molecule has 1 N–H and O–H groups in total. The standard InChI is InChI=1S/C14H20FNO/c1-17-13-5-3-12(4-6-13)7-9-14(15)8-2-10-16-11-14/h3-6,16H,2,7-11H2,1H3. The van der Waals surface area contributed by atoms with Crippen LogP contribution in [0.5, 0.6) is 5.75 Å². The molecule has 0 bridgehead atoms. The van der Waals surface area contributed by atoms with Gasteiger partial charge in [-0.25, -0.2) is 4.39 Å². The molecule has 0 amide bonds. The number of alkyl halides is 1. The van der Waals surface area contributed by atoms with Crippen LogP contribution in [0.2, 0.25) is 0 Å². The number of nitrogens with one attached hydrogen (secondary N) is 1. The van der Waals surface area contributed by atoms with E-state index in [9.17, 15) is 4.39 Å². The summed E-state index contributed by atoms with van der Waals surface area (Å²) >= 11 is 0. The maximum absolute atomic E-state index is 14.3. The van der Waals surface area contributed by atoms with Crippen LogP contribution < -0.4 is 10.1 Å². The molecule has 0 aromatic heterocycles. The van der Waals surface area contributed by atoms with Crippen LogP contribution in [0, 0.1) is 0 Å². The van der Waals surface area contributed by atoms with Crippen molar-refractivity contribution in [2.45, 2.75) is 31.4 Å². The zero-order valence-corrected chi connectivity index (χ0v) is 10.3. The van der Waals surface area contributed by atoms with E-state index in [2.05, 4.69) is 5.32 Å². The largest absolute Gasteiger partial charge is 0.497 e. The molecule has 94 valence electrons. The van der Waals surface area contributed by atoms with Crippen LogP contribution in [0.1, 0.15) is 24.8 Å². The second-order valence-electron chi connectivity index (χ2n) is 4.78. The molecule has 0 spiro atoms. The molecule has 1 aliphatic rings. The summed E-state index contributed by atoms with van der Waals surface area (Å²) in [6, 6.07) is 7.88.